The highest BCUT2D eigenvalue weighted by Crippen LogP contribution is 2.47. The fraction of sp³-hybridized carbons (Fsp3) is 0.586. The molecule has 3 heterocycles. The van der Waals surface area contributed by atoms with Crippen LogP contribution in [-0.4, -0.2) is 72.7 Å². The molecule has 0 saturated carbocycles. The lowest BCUT2D eigenvalue weighted by Crippen LogP contribution is -2.54. The summed E-state index contributed by atoms with van der Waals surface area (Å²) < 4.78 is 17.4. The van der Waals surface area contributed by atoms with Crippen LogP contribution >= 0.6 is 0 Å². The van der Waals surface area contributed by atoms with Crippen molar-refractivity contribution in [1.82, 2.24) is 9.88 Å². The smallest absolute Gasteiger partial charge is 0.224 e. The molecule has 2 aromatic rings. The van der Waals surface area contributed by atoms with Crippen molar-refractivity contribution < 1.29 is 24.1 Å². The van der Waals surface area contributed by atoms with Gasteiger partial charge in [0.15, 0.2) is 17.3 Å². The van der Waals surface area contributed by atoms with Crippen LogP contribution in [0.3, 0.4) is 0 Å². The number of amides is 1. The highest BCUT2D eigenvalue weighted by molar-refractivity contribution is 5.77. The molecule has 1 aromatic heterocycles. The Morgan fingerprint density at radius 2 is 1.95 bits per heavy atom. The summed E-state index contributed by atoms with van der Waals surface area (Å²) in [5, 5.41) is 9.77. The number of aromatic nitrogens is 1. The highest BCUT2D eigenvalue weighted by atomic mass is 16.6. The molecular weight excluding hydrogens is 470 g/mol. The van der Waals surface area contributed by atoms with Crippen molar-refractivity contribution in [1.29, 1.82) is 0 Å². The maximum atomic E-state index is 12.9. The molecule has 1 aromatic carbocycles. The Morgan fingerprint density at radius 3 is 2.59 bits per heavy atom. The number of hydrogen-bond donors (Lipinski definition) is 1. The molecule has 2 saturated heterocycles. The van der Waals surface area contributed by atoms with E-state index in [2.05, 4.69) is 35.9 Å². The summed E-state index contributed by atoms with van der Waals surface area (Å²) in [6.07, 6.45) is 1.26. The third-order valence-corrected chi connectivity index (χ3v) is 7.66. The number of aliphatic hydroxyl groups is 1. The molecule has 4 rings (SSSR count). The first-order chi connectivity index (χ1) is 17.5. The molecule has 0 aliphatic carbocycles. The summed E-state index contributed by atoms with van der Waals surface area (Å²) in [5.74, 6) is 1.42. The molecule has 2 aliphatic heterocycles. The average molecular weight is 512 g/mol. The molecule has 8 heteroatoms. The van der Waals surface area contributed by atoms with Gasteiger partial charge in [-0.2, -0.15) is 0 Å². The quantitative estimate of drug-likeness (QED) is 0.480. The van der Waals surface area contributed by atoms with Crippen molar-refractivity contribution in [3.8, 4) is 11.5 Å². The first-order valence-electron chi connectivity index (χ1n) is 13.2. The zero-order chi connectivity index (χ0) is 26.8. The van der Waals surface area contributed by atoms with Crippen LogP contribution in [0.1, 0.15) is 57.7 Å². The molecule has 0 radical (unpaired) electrons. The molecule has 37 heavy (non-hydrogen) atoms. The van der Waals surface area contributed by atoms with E-state index in [0.717, 1.165) is 42.3 Å². The van der Waals surface area contributed by atoms with Gasteiger partial charge in [0.05, 0.1) is 33.2 Å². The minimum absolute atomic E-state index is 0.0516. The van der Waals surface area contributed by atoms with Crippen LogP contribution in [0.2, 0.25) is 0 Å². The van der Waals surface area contributed by atoms with Crippen LogP contribution in [0, 0.1) is 12.3 Å². The summed E-state index contributed by atoms with van der Waals surface area (Å²) in [4.78, 5) is 21.7. The van der Waals surface area contributed by atoms with Gasteiger partial charge in [-0.3, -0.25) is 4.79 Å². The van der Waals surface area contributed by atoms with Gasteiger partial charge in [0.25, 0.3) is 0 Å². The minimum Gasteiger partial charge on any atom is -0.493 e. The van der Waals surface area contributed by atoms with Gasteiger partial charge in [-0.15, -0.1) is 0 Å². The molecule has 0 bridgehead atoms. The van der Waals surface area contributed by atoms with Crippen LogP contribution in [0.15, 0.2) is 36.4 Å². The Labute approximate surface area is 220 Å². The number of ether oxygens (including phenoxy) is 3. The average Bonchev–Trinajstić information content (AvgIpc) is 3.18. The van der Waals surface area contributed by atoms with Crippen LogP contribution < -0.4 is 14.4 Å². The largest absolute Gasteiger partial charge is 0.493 e. The summed E-state index contributed by atoms with van der Waals surface area (Å²) in [6, 6.07) is 12.2. The molecule has 2 fully saturated rings. The maximum absolute atomic E-state index is 12.9. The van der Waals surface area contributed by atoms with Crippen LogP contribution in [0.25, 0.3) is 0 Å². The Balaban J connectivity index is 1.44. The van der Waals surface area contributed by atoms with E-state index >= 15 is 0 Å². The lowest BCUT2D eigenvalue weighted by atomic mass is 9.74. The van der Waals surface area contributed by atoms with E-state index in [1.807, 2.05) is 36.1 Å². The molecule has 2 atom stereocenters. The van der Waals surface area contributed by atoms with Gasteiger partial charge in [-0.05, 0) is 62.4 Å². The lowest BCUT2D eigenvalue weighted by molar-refractivity contribution is -0.178. The Bertz CT molecular complexity index is 1100. The van der Waals surface area contributed by atoms with Crippen molar-refractivity contribution in [3.63, 3.8) is 0 Å². The number of anilines is 1. The van der Waals surface area contributed by atoms with Crippen molar-refractivity contribution in [2.45, 2.75) is 65.3 Å². The molecule has 0 spiro atoms. The number of carbonyl (C=O) groups excluding carboxylic acids is 1. The van der Waals surface area contributed by atoms with Gasteiger partial charge < -0.3 is 29.1 Å². The Kier molecular flexibility index (Phi) is 7.99. The monoisotopic (exact) mass is 511 g/mol. The van der Waals surface area contributed by atoms with Crippen molar-refractivity contribution in [2.75, 3.05) is 44.8 Å². The summed E-state index contributed by atoms with van der Waals surface area (Å²) >= 11 is 0. The predicted octanol–water partition coefficient (Wildman–Crippen LogP) is 4.14. The topological polar surface area (TPSA) is 84.4 Å². The van der Waals surface area contributed by atoms with Gasteiger partial charge in [0.1, 0.15) is 11.9 Å². The number of likely N-dealkylation sites (tertiary alicyclic amines) is 1. The van der Waals surface area contributed by atoms with Crippen molar-refractivity contribution in [3.05, 3.63) is 47.7 Å². The summed E-state index contributed by atoms with van der Waals surface area (Å²) in [7, 11) is 1.66. The number of methoxy groups -OCH3 is 1. The third-order valence-electron chi connectivity index (χ3n) is 7.66. The number of hydrogen-bond acceptors (Lipinski definition) is 7. The minimum atomic E-state index is -1.24. The van der Waals surface area contributed by atoms with E-state index in [0.29, 0.717) is 18.8 Å². The number of benzene rings is 1. The molecule has 2 unspecified atom stereocenters. The molecule has 8 nitrogen and oxygen atoms in total. The second kappa shape index (κ2) is 10.9. The van der Waals surface area contributed by atoms with Crippen LogP contribution in [0.5, 0.6) is 11.5 Å². The zero-order valence-corrected chi connectivity index (χ0v) is 23.0. The predicted molar refractivity (Wildman–Crippen MR) is 143 cm³/mol. The van der Waals surface area contributed by atoms with Gasteiger partial charge in [-0.1, -0.05) is 26.0 Å². The lowest BCUT2D eigenvalue weighted by Gasteiger charge is -2.40. The van der Waals surface area contributed by atoms with Gasteiger partial charge >= 0.3 is 0 Å². The standard InChI is InChI=1S/C29H41N3O5/c1-7-29(5)19-32(27(33)13-14-36-28(3,4)34)18-23(29)21-11-12-24(35-6)25(15-21)37-22-16-31(17-22)26-10-8-9-20(2)30-26/h8-12,15,22-23,34H,7,13-14,16-19H2,1-6H3. The van der Waals surface area contributed by atoms with E-state index < -0.39 is 5.79 Å². The van der Waals surface area contributed by atoms with E-state index in [9.17, 15) is 9.90 Å². The zero-order valence-electron chi connectivity index (χ0n) is 23.0. The summed E-state index contributed by atoms with van der Waals surface area (Å²) in [5.41, 5.74) is 2.10. The fourth-order valence-corrected chi connectivity index (χ4v) is 5.24. The summed E-state index contributed by atoms with van der Waals surface area (Å²) in [6.45, 7) is 12.7. The van der Waals surface area contributed by atoms with Crippen LogP contribution in [0.4, 0.5) is 5.82 Å². The van der Waals surface area contributed by atoms with E-state index in [4.69, 9.17) is 14.2 Å². The van der Waals surface area contributed by atoms with Crippen molar-refractivity contribution >= 4 is 11.7 Å². The van der Waals surface area contributed by atoms with Crippen LogP contribution in [-0.2, 0) is 9.53 Å². The molecule has 202 valence electrons. The highest BCUT2D eigenvalue weighted by Gasteiger charge is 2.44. The molecule has 2 aliphatic rings. The number of carbonyl (C=O) groups is 1. The second-order valence-corrected chi connectivity index (χ2v) is 11.1. The van der Waals surface area contributed by atoms with Crippen molar-refractivity contribution in [2.24, 2.45) is 5.41 Å². The fourth-order valence-electron chi connectivity index (χ4n) is 5.24. The van der Waals surface area contributed by atoms with E-state index in [1.54, 1.807) is 21.0 Å². The number of rotatable bonds is 10. The SMILES string of the molecule is CCC1(C)CN(C(=O)CCOC(C)(C)O)CC1c1ccc(OC)c(OC2CN(c3cccc(C)n3)C2)c1. The number of aryl methyl sites for hydroxylation is 1. The number of nitrogens with zero attached hydrogens (tertiary/aromatic N) is 3. The Morgan fingerprint density at radius 1 is 1.19 bits per heavy atom. The molecule has 1 N–H and O–H groups in total. The Hall–Kier alpha value is -2.84. The first kappa shape index (κ1) is 27.2. The normalized spacial score (nSPS) is 22.2. The van der Waals surface area contributed by atoms with Gasteiger partial charge in [0, 0.05) is 24.7 Å². The first-order valence-corrected chi connectivity index (χ1v) is 13.2. The third kappa shape index (κ3) is 6.36. The molecular formula is C29H41N3O5. The van der Waals surface area contributed by atoms with E-state index in [-0.39, 0.29) is 36.4 Å². The van der Waals surface area contributed by atoms with E-state index in [1.165, 1.54) is 0 Å². The molecule has 1 amide bonds. The number of pyridine rings is 1. The maximum Gasteiger partial charge on any atom is 0.224 e. The second-order valence-electron chi connectivity index (χ2n) is 11.1. The van der Waals surface area contributed by atoms with Gasteiger partial charge in [-0.25, -0.2) is 4.98 Å². The van der Waals surface area contributed by atoms with Gasteiger partial charge in [0.2, 0.25) is 5.91 Å².